The lowest BCUT2D eigenvalue weighted by molar-refractivity contribution is -0.133. The van der Waals surface area contributed by atoms with E-state index in [1.165, 1.54) is 6.92 Å². The number of hydrogen-bond acceptors (Lipinski definition) is 4. The van der Waals surface area contributed by atoms with Crippen molar-refractivity contribution in [2.75, 3.05) is 44.2 Å². The molecule has 2 rings (SSSR count). The standard InChI is InChI=1S/C17H23ClN4O3/c1-13(23)19-7-6-16(24)20-12-17(25)22-10-8-21(9-11-22)15-4-2-14(18)3-5-15/h2-5H,6-12H2,1H3,(H,19,23)(H,20,24). The molecule has 7 nitrogen and oxygen atoms in total. The van der Waals surface area contributed by atoms with Crippen LogP contribution in [0.25, 0.3) is 0 Å². The molecule has 0 unspecified atom stereocenters. The van der Waals surface area contributed by atoms with E-state index in [1.807, 2.05) is 24.3 Å². The molecule has 0 saturated carbocycles. The first-order chi connectivity index (χ1) is 12.0. The molecular weight excluding hydrogens is 344 g/mol. The number of hydrogen-bond donors (Lipinski definition) is 2. The van der Waals surface area contributed by atoms with Gasteiger partial charge in [-0.1, -0.05) is 11.6 Å². The van der Waals surface area contributed by atoms with Crippen molar-refractivity contribution in [2.24, 2.45) is 0 Å². The van der Waals surface area contributed by atoms with Crippen molar-refractivity contribution < 1.29 is 14.4 Å². The minimum atomic E-state index is -0.248. The molecule has 1 aliphatic heterocycles. The molecule has 1 saturated heterocycles. The van der Waals surface area contributed by atoms with Crippen LogP contribution in [0, 0.1) is 0 Å². The van der Waals surface area contributed by atoms with Crippen LogP contribution in [0.3, 0.4) is 0 Å². The summed E-state index contributed by atoms with van der Waals surface area (Å²) in [6.07, 6.45) is 0.164. The number of amides is 3. The fourth-order valence-electron chi connectivity index (χ4n) is 2.59. The second-order valence-electron chi connectivity index (χ2n) is 5.85. The Kier molecular flexibility index (Phi) is 7.06. The average Bonchev–Trinajstić information content (AvgIpc) is 2.60. The fraction of sp³-hybridized carbons (Fsp3) is 0.471. The highest BCUT2D eigenvalue weighted by Crippen LogP contribution is 2.19. The van der Waals surface area contributed by atoms with Crippen LogP contribution < -0.4 is 15.5 Å². The van der Waals surface area contributed by atoms with E-state index in [0.29, 0.717) is 18.1 Å². The summed E-state index contributed by atoms with van der Waals surface area (Å²) >= 11 is 5.90. The largest absolute Gasteiger partial charge is 0.368 e. The van der Waals surface area contributed by atoms with Crippen LogP contribution in [0.4, 0.5) is 5.69 Å². The first-order valence-electron chi connectivity index (χ1n) is 8.25. The molecular formula is C17H23ClN4O3. The zero-order valence-corrected chi connectivity index (χ0v) is 15.0. The summed E-state index contributed by atoms with van der Waals surface area (Å²) in [5, 5.41) is 5.84. The number of rotatable bonds is 6. The van der Waals surface area contributed by atoms with Gasteiger partial charge in [-0.25, -0.2) is 0 Å². The predicted octanol–water partition coefficient (Wildman–Crippen LogP) is 0.631. The van der Waals surface area contributed by atoms with Gasteiger partial charge in [0, 0.05) is 56.8 Å². The summed E-state index contributed by atoms with van der Waals surface area (Å²) in [4.78, 5) is 38.5. The Bertz CT molecular complexity index is 613. The van der Waals surface area contributed by atoms with Crippen molar-refractivity contribution in [3.63, 3.8) is 0 Å². The van der Waals surface area contributed by atoms with E-state index in [4.69, 9.17) is 11.6 Å². The summed E-state index contributed by atoms with van der Waals surface area (Å²) in [7, 11) is 0. The van der Waals surface area contributed by atoms with Crippen molar-refractivity contribution in [1.82, 2.24) is 15.5 Å². The van der Waals surface area contributed by atoms with Gasteiger partial charge in [-0.2, -0.15) is 0 Å². The molecule has 0 atom stereocenters. The predicted molar refractivity (Wildman–Crippen MR) is 96.6 cm³/mol. The summed E-state index contributed by atoms with van der Waals surface area (Å²) in [6, 6.07) is 7.64. The van der Waals surface area contributed by atoms with Crippen LogP contribution in [-0.4, -0.2) is 61.9 Å². The minimum Gasteiger partial charge on any atom is -0.368 e. The fourth-order valence-corrected chi connectivity index (χ4v) is 2.72. The molecule has 8 heteroatoms. The third-order valence-electron chi connectivity index (χ3n) is 3.99. The second kappa shape index (κ2) is 9.27. The molecule has 25 heavy (non-hydrogen) atoms. The molecule has 0 aromatic heterocycles. The van der Waals surface area contributed by atoms with E-state index in [1.54, 1.807) is 4.90 Å². The van der Waals surface area contributed by atoms with Crippen molar-refractivity contribution in [3.05, 3.63) is 29.3 Å². The molecule has 136 valence electrons. The molecule has 1 aromatic rings. The van der Waals surface area contributed by atoms with Gasteiger partial charge in [0.25, 0.3) is 0 Å². The molecule has 0 bridgehead atoms. The number of anilines is 1. The topological polar surface area (TPSA) is 81.8 Å². The highest BCUT2D eigenvalue weighted by molar-refractivity contribution is 6.30. The smallest absolute Gasteiger partial charge is 0.242 e. The van der Waals surface area contributed by atoms with E-state index in [-0.39, 0.29) is 37.2 Å². The minimum absolute atomic E-state index is 0.0140. The van der Waals surface area contributed by atoms with Crippen LogP contribution >= 0.6 is 11.6 Å². The number of benzene rings is 1. The first kappa shape index (κ1) is 19.1. The van der Waals surface area contributed by atoms with Gasteiger partial charge >= 0.3 is 0 Å². The van der Waals surface area contributed by atoms with Crippen LogP contribution in [-0.2, 0) is 14.4 Å². The number of piperazine rings is 1. The number of carbonyl (C=O) groups excluding carboxylic acids is 3. The molecule has 2 N–H and O–H groups in total. The van der Waals surface area contributed by atoms with Gasteiger partial charge in [0.15, 0.2) is 0 Å². The number of nitrogens with one attached hydrogen (secondary N) is 2. The van der Waals surface area contributed by atoms with Crippen LogP contribution in [0.5, 0.6) is 0 Å². The molecule has 1 fully saturated rings. The van der Waals surface area contributed by atoms with Crippen LogP contribution in [0.1, 0.15) is 13.3 Å². The Hall–Kier alpha value is -2.28. The van der Waals surface area contributed by atoms with Crippen molar-refractivity contribution in [2.45, 2.75) is 13.3 Å². The van der Waals surface area contributed by atoms with Crippen molar-refractivity contribution in [3.8, 4) is 0 Å². The third-order valence-corrected chi connectivity index (χ3v) is 4.24. The maximum Gasteiger partial charge on any atom is 0.242 e. The summed E-state index contributed by atoms with van der Waals surface area (Å²) < 4.78 is 0. The molecule has 0 radical (unpaired) electrons. The van der Waals surface area contributed by atoms with E-state index in [9.17, 15) is 14.4 Å². The Morgan fingerprint density at radius 2 is 1.68 bits per heavy atom. The summed E-state index contributed by atoms with van der Waals surface area (Å²) in [5.41, 5.74) is 1.09. The van der Waals surface area contributed by atoms with Gasteiger partial charge in [0.2, 0.25) is 17.7 Å². The molecule has 1 heterocycles. The molecule has 1 aromatic carbocycles. The Morgan fingerprint density at radius 3 is 2.28 bits per heavy atom. The quantitative estimate of drug-likeness (QED) is 0.773. The van der Waals surface area contributed by atoms with E-state index in [2.05, 4.69) is 15.5 Å². The van der Waals surface area contributed by atoms with Crippen LogP contribution in [0.15, 0.2) is 24.3 Å². The maximum absolute atomic E-state index is 12.2. The van der Waals surface area contributed by atoms with Gasteiger partial charge in [-0.15, -0.1) is 0 Å². The van der Waals surface area contributed by atoms with Crippen molar-refractivity contribution >= 4 is 35.0 Å². The van der Waals surface area contributed by atoms with E-state index < -0.39 is 0 Å². The lowest BCUT2D eigenvalue weighted by Gasteiger charge is -2.36. The maximum atomic E-state index is 12.2. The zero-order chi connectivity index (χ0) is 18.2. The number of nitrogens with zero attached hydrogens (tertiary/aromatic N) is 2. The van der Waals surface area contributed by atoms with Crippen LogP contribution in [0.2, 0.25) is 5.02 Å². The first-order valence-corrected chi connectivity index (χ1v) is 8.63. The average molecular weight is 367 g/mol. The van der Waals surface area contributed by atoms with Gasteiger partial charge in [0.05, 0.1) is 6.54 Å². The lowest BCUT2D eigenvalue weighted by Crippen LogP contribution is -2.51. The third kappa shape index (κ3) is 6.26. The molecule has 0 aliphatic carbocycles. The SMILES string of the molecule is CC(=O)NCCC(=O)NCC(=O)N1CCN(c2ccc(Cl)cc2)CC1. The Balaban J connectivity index is 1.69. The van der Waals surface area contributed by atoms with Gasteiger partial charge < -0.3 is 20.4 Å². The van der Waals surface area contributed by atoms with Crippen molar-refractivity contribution in [1.29, 1.82) is 0 Å². The molecule has 1 aliphatic rings. The van der Waals surface area contributed by atoms with Gasteiger partial charge in [-0.05, 0) is 24.3 Å². The van der Waals surface area contributed by atoms with E-state index in [0.717, 1.165) is 18.8 Å². The lowest BCUT2D eigenvalue weighted by atomic mass is 10.2. The molecule has 3 amide bonds. The Labute approximate surface area is 152 Å². The highest BCUT2D eigenvalue weighted by atomic mass is 35.5. The normalized spacial score (nSPS) is 14.2. The van der Waals surface area contributed by atoms with Gasteiger partial charge in [-0.3, -0.25) is 14.4 Å². The summed E-state index contributed by atoms with van der Waals surface area (Å²) in [5.74, 6) is -0.520. The van der Waals surface area contributed by atoms with Gasteiger partial charge in [0.1, 0.15) is 0 Å². The summed E-state index contributed by atoms with van der Waals surface area (Å²) in [6.45, 7) is 4.36. The monoisotopic (exact) mass is 366 g/mol. The second-order valence-corrected chi connectivity index (χ2v) is 6.29. The van der Waals surface area contributed by atoms with E-state index >= 15 is 0 Å². The zero-order valence-electron chi connectivity index (χ0n) is 14.3. The Morgan fingerprint density at radius 1 is 1.04 bits per heavy atom. The molecule has 0 spiro atoms. The highest BCUT2D eigenvalue weighted by Gasteiger charge is 2.21. The number of carbonyl (C=O) groups is 3. The number of halogens is 1.